The normalized spacial score (nSPS) is 10.5. The Hall–Kier alpha value is -2.29. The third-order valence-electron chi connectivity index (χ3n) is 1.58. The van der Waals surface area contributed by atoms with E-state index < -0.39 is 0 Å². The van der Waals surface area contributed by atoms with E-state index in [4.69, 9.17) is 11.5 Å². The molecule has 0 aliphatic carbocycles. The predicted octanol–water partition coefficient (Wildman–Crippen LogP) is 1.73. The Morgan fingerprint density at radius 1 is 0.750 bits per heavy atom. The molecule has 0 unspecified atom stereocenters. The summed E-state index contributed by atoms with van der Waals surface area (Å²) in [6, 6.07) is 0. The molecule has 16 heavy (non-hydrogen) atoms. The van der Waals surface area contributed by atoms with E-state index in [1.54, 1.807) is 0 Å². The minimum atomic E-state index is -0.282. The van der Waals surface area contributed by atoms with Crippen molar-refractivity contribution in [2.45, 2.75) is 0 Å². The Morgan fingerprint density at radius 2 is 1.06 bits per heavy atom. The van der Waals surface area contributed by atoms with E-state index in [1.165, 1.54) is 24.3 Å². The lowest BCUT2D eigenvalue weighted by Crippen LogP contribution is -2.02. The maximum atomic E-state index is 11.6. The van der Waals surface area contributed by atoms with E-state index >= 15 is 0 Å². The van der Waals surface area contributed by atoms with Crippen molar-refractivity contribution >= 4 is 5.78 Å². The lowest BCUT2D eigenvalue weighted by molar-refractivity contribution is -0.111. The lowest BCUT2D eigenvalue weighted by atomic mass is 10.1. The van der Waals surface area contributed by atoms with Crippen molar-refractivity contribution in [3.8, 4) is 0 Å². The number of hydrogen-bond donors (Lipinski definition) is 2. The number of carbonyl (C=O) groups excluding carboxylic acids is 1. The van der Waals surface area contributed by atoms with Gasteiger partial charge in [0.2, 0.25) is 0 Å². The summed E-state index contributed by atoms with van der Waals surface area (Å²) in [6.07, 6.45) is 5.97. The van der Waals surface area contributed by atoms with Crippen LogP contribution in [0.5, 0.6) is 0 Å². The molecule has 0 spiro atoms. The second-order valence-corrected chi connectivity index (χ2v) is 3.20. The molecule has 0 atom stereocenters. The van der Waals surface area contributed by atoms with Crippen molar-refractivity contribution in [2.75, 3.05) is 0 Å². The highest BCUT2D eigenvalue weighted by atomic mass is 16.1. The summed E-state index contributed by atoms with van der Waals surface area (Å²) < 4.78 is 0. The number of Topliss-reactive ketones (excluding diaryl/α,β-unsaturated/α-hetero) is 1. The first-order valence-electron chi connectivity index (χ1n) is 4.52. The summed E-state index contributed by atoms with van der Waals surface area (Å²) in [5, 5.41) is 0. The summed E-state index contributed by atoms with van der Waals surface area (Å²) in [5.41, 5.74) is 11.9. The van der Waals surface area contributed by atoms with Gasteiger partial charge in [-0.05, 0) is 24.3 Å². The first-order valence-corrected chi connectivity index (χ1v) is 4.52. The molecule has 0 bridgehead atoms. The number of rotatable bonds is 6. The average Bonchev–Trinajstić information content (AvgIpc) is 2.21. The lowest BCUT2D eigenvalue weighted by Gasteiger charge is -1.99. The Balaban J connectivity index is 4.57. The van der Waals surface area contributed by atoms with Gasteiger partial charge in [-0.2, -0.15) is 0 Å². The molecule has 0 aromatic carbocycles. The summed E-state index contributed by atoms with van der Waals surface area (Å²) in [6.45, 7) is 14.1. The Labute approximate surface area is 95.8 Å². The number of carbonyl (C=O) groups is 1. The number of nitrogens with two attached hydrogens (primary N) is 2. The van der Waals surface area contributed by atoms with Crippen LogP contribution in [0.3, 0.4) is 0 Å². The molecule has 0 heterocycles. The van der Waals surface area contributed by atoms with Gasteiger partial charge in [0.15, 0.2) is 5.78 Å². The van der Waals surface area contributed by atoms with Crippen LogP contribution in [-0.4, -0.2) is 5.78 Å². The van der Waals surface area contributed by atoms with Gasteiger partial charge in [-0.15, -0.1) is 0 Å². The second kappa shape index (κ2) is 6.24. The van der Waals surface area contributed by atoms with Crippen LogP contribution >= 0.6 is 0 Å². The van der Waals surface area contributed by atoms with E-state index in [1.807, 2.05) is 0 Å². The molecule has 0 saturated heterocycles. The highest BCUT2D eigenvalue weighted by molar-refractivity contribution is 6.11. The highest BCUT2D eigenvalue weighted by Crippen LogP contribution is 2.06. The monoisotopic (exact) mass is 216 g/mol. The van der Waals surface area contributed by atoms with Crippen molar-refractivity contribution in [1.29, 1.82) is 0 Å². The molecule has 0 aliphatic rings. The quantitative estimate of drug-likeness (QED) is 0.524. The van der Waals surface area contributed by atoms with E-state index in [0.29, 0.717) is 11.4 Å². The van der Waals surface area contributed by atoms with Crippen molar-refractivity contribution in [2.24, 2.45) is 11.5 Å². The molecule has 3 heteroatoms. The van der Waals surface area contributed by atoms with E-state index in [-0.39, 0.29) is 16.9 Å². The van der Waals surface area contributed by atoms with Gasteiger partial charge >= 0.3 is 0 Å². The van der Waals surface area contributed by atoms with Crippen LogP contribution in [0.15, 0.2) is 73.2 Å². The molecule has 0 fully saturated rings. The van der Waals surface area contributed by atoms with Crippen molar-refractivity contribution in [3.05, 3.63) is 73.2 Å². The Morgan fingerprint density at radius 3 is 1.31 bits per heavy atom. The van der Waals surface area contributed by atoms with Gasteiger partial charge in [0.05, 0.1) is 0 Å². The minimum absolute atomic E-state index is 0.281. The Bertz CT molecular complexity index is 374. The first-order chi connectivity index (χ1) is 7.34. The van der Waals surface area contributed by atoms with Crippen LogP contribution < -0.4 is 11.5 Å². The molecule has 84 valence electrons. The summed E-state index contributed by atoms with van der Waals surface area (Å²) in [7, 11) is 0. The zero-order chi connectivity index (χ0) is 12.7. The number of ketones is 1. The van der Waals surface area contributed by atoms with Crippen molar-refractivity contribution < 1.29 is 4.79 Å². The standard InChI is InChI=1S/C13H16N2O/c1-9(5-7-11(3)14)13(16)10(2)6-8-12(4)15/h5-8H,1-4,14-15H2/b7-5-,8-6-. The summed E-state index contributed by atoms with van der Waals surface area (Å²) >= 11 is 0. The van der Waals surface area contributed by atoms with Crippen LogP contribution in [0.1, 0.15) is 0 Å². The van der Waals surface area contributed by atoms with Gasteiger partial charge < -0.3 is 11.5 Å². The zero-order valence-corrected chi connectivity index (χ0v) is 9.20. The number of hydrogen-bond acceptors (Lipinski definition) is 3. The maximum absolute atomic E-state index is 11.6. The molecule has 3 nitrogen and oxygen atoms in total. The summed E-state index contributed by atoms with van der Waals surface area (Å²) in [5.74, 6) is -0.282. The molecule has 0 rings (SSSR count). The topological polar surface area (TPSA) is 69.1 Å². The number of allylic oxidation sites excluding steroid dienone is 6. The summed E-state index contributed by atoms with van der Waals surface area (Å²) in [4.78, 5) is 11.6. The molecular weight excluding hydrogens is 200 g/mol. The van der Waals surface area contributed by atoms with E-state index in [2.05, 4.69) is 26.3 Å². The third-order valence-corrected chi connectivity index (χ3v) is 1.58. The maximum Gasteiger partial charge on any atom is 0.191 e. The van der Waals surface area contributed by atoms with Gasteiger partial charge in [0.25, 0.3) is 0 Å². The molecule has 0 radical (unpaired) electrons. The van der Waals surface area contributed by atoms with Gasteiger partial charge in [-0.3, -0.25) is 4.79 Å². The van der Waals surface area contributed by atoms with Crippen LogP contribution in [0.2, 0.25) is 0 Å². The predicted molar refractivity (Wildman–Crippen MR) is 68.2 cm³/mol. The van der Waals surface area contributed by atoms with Gasteiger partial charge in [0.1, 0.15) is 0 Å². The zero-order valence-electron chi connectivity index (χ0n) is 9.20. The molecule has 0 aromatic heterocycles. The van der Waals surface area contributed by atoms with E-state index in [9.17, 15) is 4.79 Å². The largest absolute Gasteiger partial charge is 0.399 e. The van der Waals surface area contributed by atoms with Crippen molar-refractivity contribution in [3.63, 3.8) is 0 Å². The molecule has 0 amide bonds. The third kappa shape index (κ3) is 5.44. The van der Waals surface area contributed by atoms with Crippen LogP contribution in [-0.2, 0) is 4.79 Å². The van der Waals surface area contributed by atoms with Crippen molar-refractivity contribution in [1.82, 2.24) is 0 Å². The van der Waals surface area contributed by atoms with Crippen LogP contribution in [0, 0.1) is 0 Å². The minimum Gasteiger partial charge on any atom is -0.399 e. The van der Waals surface area contributed by atoms with Gasteiger partial charge in [-0.1, -0.05) is 26.3 Å². The molecular formula is C13H16N2O. The Kier molecular flexibility index (Phi) is 5.35. The van der Waals surface area contributed by atoms with Gasteiger partial charge in [-0.25, -0.2) is 0 Å². The SMILES string of the molecule is C=C(N)/C=C\C(=C)C(=O)C(=C)/C=C\C(=C)N. The molecule has 4 N–H and O–H groups in total. The highest BCUT2D eigenvalue weighted by Gasteiger charge is 2.05. The van der Waals surface area contributed by atoms with Gasteiger partial charge in [0, 0.05) is 22.5 Å². The smallest absolute Gasteiger partial charge is 0.191 e. The van der Waals surface area contributed by atoms with Crippen LogP contribution in [0.4, 0.5) is 0 Å². The fraction of sp³-hybridized carbons (Fsp3) is 0. The average molecular weight is 216 g/mol. The van der Waals surface area contributed by atoms with Crippen LogP contribution in [0.25, 0.3) is 0 Å². The van der Waals surface area contributed by atoms with E-state index in [0.717, 1.165) is 0 Å². The fourth-order valence-corrected chi connectivity index (χ4v) is 0.773. The first kappa shape index (κ1) is 13.7. The molecule has 0 saturated carbocycles. The second-order valence-electron chi connectivity index (χ2n) is 3.20. The molecule has 0 aromatic rings. The molecule has 0 aliphatic heterocycles. The fourth-order valence-electron chi connectivity index (χ4n) is 0.773.